The minimum atomic E-state index is 0.232. The summed E-state index contributed by atoms with van der Waals surface area (Å²) >= 11 is 0. The van der Waals surface area contributed by atoms with E-state index >= 15 is 0 Å². The van der Waals surface area contributed by atoms with Gasteiger partial charge in [0.25, 0.3) is 0 Å². The quantitative estimate of drug-likeness (QED) is 0.671. The second kappa shape index (κ2) is 6.56. The van der Waals surface area contributed by atoms with Crippen molar-refractivity contribution in [3.63, 3.8) is 0 Å². The summed E-state index contributed by atoms with van der Waals surface area (Å²) in [6.07, 6.45) is 6.68. The largest absolute Gasteiger partial charge is 0.0836 e. The third-order valence-corrected chi connectivity index (χ3v) is 3.53. The highest BCUT2D eigenvalue weighted by Gasteiger charge is 2.12. The molecule has 0 saturated heterocycles. The van der Waals surface area contributed by atoms with Crippen LogP contribution in [0.2, 0.25) is 0 Å². The lowest BCUT2D eigenvalue weighted by molar-refractivity contribution is 0.590. The lowest BCUT2D eigenvalue weighted by Crippen LogP contribution is -2.10. The minimum absolute atomic E-state index is 0.232. The molecule has 0 aliphatic carbocycles. The molecule has 0 spiro atoms. The standard InChI is InChI=1S/C20H24/c1-20(2,3)19-15-13-18(14-16-19)12-8-7-11-17-9-5-4-6-10-17/h4-6,8-10,12-16H,7,11H2,1-3H3/b12-8+. The van der Waals surface area contributed by atoms with Gasteiger partial charge in [-0.05, 0) is 34.9 Å². The van der Waals surface area contributed by atoms with E-state index in [1.165, 1.54) is 16.7 Å². The third-order valence-electron chi connectivity index (χ3n) is 3.53. The molecule has 0 nitrogen and oxygen atoms in total. The Labute approximate surface area is 123 Å². The number of aryl methyl sites for hydroxylation is 1. The van der Waals surface area contributed by atoms with Gasteiger partial charge in [-0.3, -0.25) is 0 Å². The second-order valence-corrected chi connectivity index (χ2v) is 6.30. The zero-order valence-electron chi connectivity index (χ0n) is 12.8. The van der Waals surface area contributed by atoms with Crippen molar-refractivity contribution >= 4 is 6.08 Å². The Morgan fingerprint density at radius 3 is 2.10 bits per heavy atom. The van der Waals surface area contributed by atoms with Gasteiger partial charge in [0.1, 0.15) is 0 Å². The number of rotatable bonds is 4. The molecule has 0 aliphatic rings. The van der Waals surface area contributed by atoms with Crippen LogP contribution in [0.25, 0.3) is 6.08 Å². The Balaban J connectivity index is 1.89. The molecule has 0 unspecified atom stereocenters. The van der Waals surface area contributed by atoms with E-state index in [0.29, 0.717) is 0 Å². The molecule has 2 aromatic rings. The number of allylic oxidation sites excluding steroid dienone is 1. The van der Waals surface area contributed by atoms with E-state index in [1.807, 2.05) is 0 Å². The van der Waals surface area contributed by atoms with Crippen molar-refractivity contribution in [2.75, 3.05) is 0 Å². The fourth-order valence-electron chi connectivity index (χ4n) is 2.21. The second-order valence-electron chi connectivity index (χ2n) is 6.30. The van der Waals surface area contributed by atoms with E-state index in [4.69, 9.17) is 0 Å². The minimum Gasteiger partial charge on any atom is -0.0836 e. The molecule has 0 bridgehead atoms. The molecule has 0 aromatic heterocycles. The van der Waals surface area contributed by atoms with Crippen molar-refractivity contribution in [3.8, 4) is 0 Å². The highest BCUT2D eigenvalue weighted by atomic mass is 14.2. The topological polar surface area (TPSA) is 0 Å². The Hall–Kier alpha value is -1.82. The SMILES string of the molecule is CC(C)(C)c1ccc(/C=C/CCc2ccccc2)cc1. The maximum Gasteiger partial charge on any atom is -0.0132 e. The van der Waals surface area contributed by atoms with Crippen LogP contribution in [0, 0.1) is 0 Å². The van der Waals surface area contributed by atoms with E-state index in [-0.39, 0.29) is 5.41 Å². The summed E-state index contributed by atoms with van der Waals surface area (Å²) in [5, 5.41) is 0. The van der Waals surface area contributed by atoms with Crippen molar-refractivity contribution in [1.82, 2.24) is 0 Å². The molecule has 0 atom stereocenters. The van der Waals surface area contributed by atoms with Gasteiger partial charge in [0.05, 0.1) is 0 Å². The normalized spacial score (nSPS) is 11.9. The smallest absolute Gasteiger partial charge is 0.0132 e. The average molecular weight is 264 g/mol. The van der Waals surface area contributed by atoms with E-state index in [1.54, 1.807) is 0 Å². The van der Waals surface area contributed by atoms with E-state index in [2.05, 4.69) is 87.5 Å². The van der Waals surface area contributed by atoms with Gasteiger partial charge < -0.3 is 0 Å². The molecule has 0 heterocycles. The van der Waals surface area contributed by atoms with Gasteiger partial charge in [0.15, 0.2) is 0 Å². The van der Waals surface area contributed by atoms with Crippen LogP contribution in [0.1, 0.15) is 43.9 Å². The molecule has 0 saturated carbocycles. The van der Waals surface area contributed by atoms with Crippen molar-refractivity contribution in [3.05, 3.63) is 77.4 Å². The van der Waals surface area contributed by atoms with Crippen LogP contribution in [0.3, 0.4) is 0 Å². The van der Waals surface area contributed by atoms with Gasteiger partial charge in [-0.2, -0.15) is 0 Å². The molecule has 20 heavy (non-hydrogen) atoms. The first kappa shape index (κ1) is 14.6. The highest BCUT2D eigenvalue weighted by molar-refractivity contribution is 5.50. The van der Waals surface area contributed by atoms with Crippen LogP contribution >= 0.6 is 0 Å². The van der Waals surface area contributed by atoms with Crippen molar-refractivity contribution in [1.29, 1.82) is 0 Å². The predicted octanol–water partition coefficient (Wildman–Crippen LogP) is 5.63. The Morgan fingerprint density at radius 1 is 0.850 bits per heavy atom. The first-order valence-electron chi connectivity index (χ1n) is 7.37. The molecule has 0 heteroatoms. The van der Waals surface area contributed by atoms with Crippen LogP contribution in [0.5, 0.6) is 0 Å². The Bertz CT molecular complexity index is 539. The third kappa shape index (κ3) is 4.38. The van der Waals surface area contributed by atoms with Crippen molar-refractivity contribution < 1.29 is 0 Å². The fraction of sp³-hybridized carbons (Fsp3) is 0.300. The van der Waals surface area contributed by atoms with Crippen LogP contribution in [-0.2, 0) is 11.8 Å². The lowest BCUT2D eigenvalue weighted by atomic mass is 9.87. The van der Waals surface area contributed by atoms with Gasteiger partial charge in [-0.1, -0.05) is 87.5 Å². The Kier molecular flexibility index (Phi) is 4.79. The first-order chi connectivity index (χ1) is 9.55. The molecule has 0 amide bonds. The predicted molar refractivity (Wildman–Crippen MR) is 88.9 cm³/mol. The summed E-state index contributed by atoms with van der Waals surface area (Å²) in [6.45, 7) is 6.74. The van der Waals surface area contributed by atoms with Crippen LogP contribution in [0.15, 0.2) is 60.7 Å². The number of hydrogen-bond acceptors (Lipinski definition) is 0. The molecule has 104 valence electrons. The molecule has 0 N–H and O–H groups in total. The maximum absolute atomic E-state index is 2.26. The first-order valence-corrected chi connectivity index (χ1v) is 7.37. The van der Waals surface area contributed by atoms with Crippen LogP contribution < -0.4 is 0 Å². The number of hydrogen-bond donors (Lipinski definition) is 0. The van der Waals surface area contributed by atoms with Gasteiger partial charge in [0.2, 0.25) is 0 Å². The number of benzene rings is 2. The highest BCUT2D eigenvalue weighted by Crippen LogP contribution is 2.22. The van der Waals surface area contributed by atoms with Gasteiger partial charge in [-0.25, -0.2) is 0 Å². The average Bonchev–Trinajstić information content (AvgIpc) is 2.44. The van der Waals surface area contributed by atoms with E-state index in [0.717, 1.165) is 12.8 Å². The summed E-state index contributed by atoms with van der Waals surface area (Å²) in [5.41, 5.74) is 4.31. The van der Waals surface area contributed by atoms with E-state index < -0.39 is 0 Å². The zero-order chi connectivity index (χ0) is 14.4. The monoisotopic (exact) mass is 264 g/mol. The van der Waals surface area contributed by atoms with Crippen LogP contribution in [-0.4, -0.2) is 0 Å². The van der Waals surface area contributed by atoms with Crippen molar-refractivity contribution in [2.24, 2.45) is 0 Å². The van der Waals surface area contributed by atoms with Crippen LogP contribution in [0.4, 0.5) is 0 Å². The summed E-state index contributed by atoms with van der Waals surface area (Å²) < 4.78 is 0. The molecular formula is C20H24. The van der Waals surface area contributed by atoms with Gasteiger partial charge in [-0.15, -0.1) is 0 Å². The zero-order valence-corrected chi connectivity index (χ0v) is 12.8. The lowest BCUT2D eigenvalue weighted by Gasteiger charge is -2.18. The summed E-state index contributed by atoms with van der Waals surface area (Å²) in [4.78, 5) is 0. The molecule has 0 aliphatic heterocycles. The summed E-state index contributed by atoms with van der Waals surface area (Å²) in [7, 11) is 0. The Morgan fingerprint density at radius 2 is 1.50 bits per heavy atom. The van der Waals surface area contributed by atoms with Gasteiger partial charge >= 0.3 is 0 Å². The molecular weight excluding hydrogens is 240 g/mol. The van der Waals surface area contributed by atoms with Gasteiger partial charge in [0, 0.05) is 0 Å². The fourth-order valence-corrected chi connectivity index (χ4v) is 2.21. The molecule has 0 radical (unpaired) electrons. The summed E-state index contributed by atoms with van der Waals surface area (Å²) in [6, 6.07) is 19.5. The molecule has 0 fully saturated rings. The molecule has 2 aromatic carbocycles. The summed E-state index contributed by atoms with van der Waals surface area (Å²) in [5.74, 6) is 0. The maximum atomic E-state index is 2.26. The molecule has 2 rings (SSSR count). The van der Waals surface area contributed by atoms with E-state index in [9.17, 15) is 0 Å². The van der Waals surface area contributed by atoms with Crippen molar-refractivity contribution in [2.45, 2.75) is 39.0 Å².